The smallest absolute Gasteiger partial charge is 0.0631 e. The first kappa shape index (κ1) is 8.14. The summed E-state index contributed by atoms with van der Waals surface area (Å²) in [7, 11) is 0. The summed E-state index contributed by atoms with van der Waals surface area (Å²) in [5.74, 6) is 0. The molecule has 15 heavy (non-hydrogen) atoms. The first-order valence-electron chi connectivity index (χ1n) is 4.77. The number of rotatable bonds is 0. The number of aromatic nitrogens is 1. The van der Waals surface area contributed by atoms with E-state index in [1.807, 2.05) is 41.0 Å². The molecule has 0 fully saturated rings. The summed E-state index contributed by atoms with van der Waals surface area (Å²) in [4.78, 5) is 0. The van der Waals surface area contributed by atoms with E-state index in [1.54, 1.807) is 0 Å². The van der Waals surface area contributed by atoms with Gasteiger partial charge in [-0.15, -0.1) is 0 Å². The largest absolute Gasteiger partial charge is 0.269 e. The number of hydrogen-bond donors (Lipinski definition) is 0. The minimum atomic E-state index is 1.04. The van der Waals surface area contributed by atoms with E-state index in [4.69, 9.17) is 6.42 Å². The number of fused-ring (bicyclic) bond motifs is 3. The third-order valence-corrected chi connectivity index (χ3v) is 2.65. The highest BCUT2D eigenvalue weighted by atomic mass is 14.9. The third-order valence-electron chi connectivity index (χ3n) is 2.65. The van der Waals surface area contributed by atoms with Crippen LogP contribution in [0.4, 0.5) is 0 Å². The lowest BCUT2D eigenvalue weighted by Gasteiger charge is -1.94. The molecule has 2 aromatic carbocycles. The van der Waals surface area contributed by atoms with E-state index in [9.17, 15) is 0 Å². The molecule has 0 bridgehead atoms. The highest BCUT2D eigenvalue weighted by molar-refractivity contribution is 6.08. The minimum Gasteiger partial charge on any atom is -0.269 e. The molecule has 3 rings (SSSR count). The monoisotopic (exact) mass is 190 g/mol. The van der Waals surface area contributed by atoms with E-state index in [-0.39, 0.29) is 0 Å². The first-order chi connectivity index (χ1) is 7.42. The zero-order valence-corrected chi connectivity index (χ0v) is 8.07. The molecule has 0 spiro atoms. The summed E-state index contributed by atoms with van der Waals surface area (Å²) in [6, 6.07) is 19.8. The maximum Gasteiger partial charge on any atom is 0.0631 e. The van der Waals surface area contributed by atoms with Crippen molar-refractivity contribution in [1.29, 1.82) is 0 Å². The highest BCUT2D eigenvalue weighted by Gasteiger charge is 2.06. The Labute approximate surface area is 87.9 Å². The second-order valence-electron chi connectivity index (χ2n) is 3.42. The molecule has 0 aliphatic carbocycles. The van der Waals surface area contributed by atoms with Gasteiger partial charge in [0.1, 0.15) is 0 Å². The Morgan fingerprint density at radius 3 is 2.73 bits per heavy atom. The molecule has 1 heterocycles. The number of para-hydroxylation sites is 1. The molecule has 1 nitrogen and oxygen atoms in total. The van der Waals surface area contributed by atoms with Gasteiger partial charge in [0.15, 0.2) is 0 Å². The van der Waals surface area contributed by atoms with Crippen molar-refractivity contribution in [2.24, 2.45) is 0 Å². The van der Waals surface area contributed by atoms with Crippen molar-refractivity contribution < 1.29 is 0 Å². The van der Waals surface area contributed by atoms with Crippen LogP contribution >= 0.6 is 0 Å². The Kier molecular flexibility index (Phi) is 1.57. The Hall–Kier alpha value is -2.20. The van der Waals surface area contributed by atoms with Gasteiger partial charge < -0.3 is 0 Å². The van der Waals surface area contributed by atoms with Crippen molar-refractivity contribution in [1.82, 2.24) is 4.57 Å². The van der Waals surface area contributed by atoms with Gasteiger partial charge >= 0.3 is 0 Å². The standard InChI is InChI=1S/C14H8N/c1-2-15-13-9-5-3-7-11(13)12-8-4-6-10-14(12)15/h1,3-5,7-10H. The maximum absolute atomic E-state index is 5.53. The summed E-state index contributed by atoms with van der Waals surface area (Å²) in [6.07, 6.45) is 5.53. The van der Waals surface area contributed by atoms with E-state index in [0.29, 0.717) is 0 Å². The molecule has 0 saturated heterocycles. The lowest BCUT2D eigenvalue weighted by molar-refractivity contribution is 1.26. The molecule has 0 atom stereocenters. The van der Waals surface area contributed by atoms with Crippen LogP contribution in [0.2, 0.25) is 0 Å². The summed E-state index contributed by atoms with van der Waals surface area (Å²) in [5.41, 5.74) is 2.12. The van der Waals surface area contributed by atoms with Crippen molar-refractivity contribution in [3.8, 4) is 12.5 Å². The fourth-order valence-corrected chi connectivity index (χ4v) is 2.00. The van der Waals surface area contributed by atoms with Gasteiger partial charge in [-0.3, -0.25) is 4.57 Å². The molecule has 3 aromatic rings. The zero-order chi connectivity index (χ0) is 10.3. The van der Waals surface area contributed by atoms with Crippen molar-refractivity contribution in [3.05, 3.63) is 48.5 Å². The third kappa shape index (κ3) is 0.992. The Bertz CT molecular complexity index is 630. The van der Waals surface area contributed by atoms with Crippen LogP contribution in [0, 0.1) is 18.5 Å². The second kappa shape index (κ2) is 2.90. The van der Waals surface area contributed by atoms with E-state index >= 15 is 0 Å². The SMILES string of the molecule is C#Cn1c2c[c]ccc2c2ccccc21. The average Bonchev–Trinajstić information content (AvgIpc) is 2.63. The number of benzene rings is 2. The van der Waals surface area contributed by atoms with Crippen molar-refractivity contribution in [2.45, 2.75) is 0 Å². The Morgan fingerprint density at radius 1 is 1.07 bits per heavy atom. The average molecular weight is 190 g/mol. The summed E-state index contributed by atoms with van der Waals surface area (Å²) < 4.78 is 1.86. The zero-order valence-electron chi connectivity index (χ0n) is 8.07. The molecule has 0 aliphatic heterocycles. The van der Waals surface area contributed by atoms with Crippen LogP contribution in [0.3, 0.4) is 0 Å². The van der Waals surface area contributed by atoms with Gasteiger partial charge in [-0.1, -0.05) is 36.8 Å². The van der Waals surface area contributed by atoms with Crippen LogP contribution in [0.15, 0.2) is 42.5 Å². The molecule has 1 aromatic heterocycles. The molecule has 1 heteroatoms. The molecule has 0 aliphatic rings. The predicted molar refractivity (Wildman–Crippen MR) is 62.5 cm³/mol. The lowest BCUT2D eigenvalue weighted by Crippen LogP contribution is -1.85. The fourth-order valence-electron chi connectivity index (χ4n) is 2.00. The molecule has 0 unspecified atom stereocenters. The number of nitrogens with zero attached hydrogens (tertiary/aromatic N) is 1. The fraction of sp³-hybridized carbons (Fsp3) is 0. The van der Waals surface area contributed by atoms with Gasteiger partial charge in [-0.25, -0.2) is 0 Å². The van der Waals surface area contributed by atoms with Gasteiger partial charge in [-0.2, -0.15) is 0 Å². The van der Waals surface area contributed by atoms with Gasteiger partial charge in [0.2, 0.25) is 0 Å². The van der Waals surface area contributed by atoms with Gasteiger partial charge in [0.05, 0.1) is 11.0 Å². The van der Waals surface area contributed by atoms with E-state index in [2.05, 4.69) is 18.2 Å². The van der Waals surface area contributed by atoms with Gasteiger partial charge in [0, 0.05) is 16.8 Å². The first-order valence-corrected chi connectivity index (χ1v) is 4.77. The lowest BCUT2D eigenvalue weighted by atomic mass is 10.2. The van der Waals surface area contributed by atoms with E-state index < -0.39 is 0 Å². The van der Waals surface area contributed by atoms with Gasteiger partial charge in [-0.05, 0) is 18.2 Å². The Balaban J connectivity index is 2.70. The number of terminal acetylenes is 1. The van der Waals surface area contributed by atoms with Crippen LogP contribution in [-0.4, -0.2) is 4.57 Å². The quantitative estimate of drug-likeness (QED) is 0.480. The molecule has 0 saturated carbocycles. The molecular weight excluding hydrogens is 182 g/mol. The van der Waals surface area contributed by atoms with Crippen molar-refractivity contribution >= 4 is 21.8 Å². The van der Waals surface area contributed by atoms with Gasteiger partial charge in [0.25, 0.3) is 0 Å². The molecule has 1 radical (unpaired) electrons. The summed E-state index contributed by atoms with van der Waals surface area (Å²) >= 11 is 0. The van der Waals surface area contributed by atoms with Crippen molar-refractivity contribution in [3.63, 3.8) is 0 Å². The maximum atomic E-state index is 5.53. The highest BCUT2D eigenvalue weighted by Crippen LogP contribution is 2.27. The second-order valence-corrected chi connectivity index (χ2v) is 3.42. The predicted octanol–water partition coefficient (Wildman–Crippen LogP) is 3.03. The normalized spacial score (nSPS) is 10.6. The molecule has 0 amide bonds. The van der Waals surface area contributed by atoms with Crippen LogP contribution in [0.1, 0.15) is 0 Å². The molecular formula is C14H8N. The molecule has 69 valence electrons. The topological polar surface area (TPSA) is 4.93 Å². The minimum absolute atomic E-state index is 1.04. The van der Waals surface area contributed by atoms with E-state index in [1.165, 1.54) is 10.8 Å². The number of hydrogen-bond acceptors (Lipinski definition) is 0. The van der Waals surface area contributed by atoms with Crippen molar-refractivity contribution in [2.75, 3.05) is 0 Å². The summed E-state index contributed by atoms with van der Waals surface area (Å²) in [6.45, 7) is 0. The summed E-state index contributed by atoms with van der Waals surface area (Å²) in [5, 5.41) is 2.38. The molecule has 0 N–H and O–H groups in total. The van der Waals surface area contributed by atoms with Crippen LogP contribution < -0.4 is 0 Å². The van der Waals surface area contributed by atoms with E-state index in [0.717, 1.165) is 11.0 Å². The van der Waals surface area contributed by atoms with Crippen LogP contribution in [0.25, 0.3) is 21.8 Å². The van der Waals surface area contributed by atoms with Crippen LogP contribution in [0.5, 0.6) is 0 Å². The Morgan fingerprint density at radius 2 is 1.87 bits per heavy atom. The van der Waals surface area contributed by atoms with Crippen LogP contribution in [-0.2, 0) is 0 Å².